The Balaban J connectivity index is 1.77. The zero-order chi connectivity index (χ0) is 20.6. The molecule has 0 amide bonds. The average molecular weight is 416 g/mol. The highest BCUT2D eigenvalue weighted by atomic mass is 32.2. The minimum Gasteiger partial charge on any atom is -0.372 e. The van der Waals surface area contributed by atoms with Crippen LogP contribution in [-0.2, 0) is 12.1 Å². The molecular formula is C22H19F3N2OS. The van der Waals surface area contributed by atoms with Crippen molar-refractivity contribution in [3.63, 3.8) is 0 Å². The lowest BCUT2D eigenvalue weighted by atomic mass is 9.84. The first-order chi connectivity index (χ1) is 13.8. The molecule has 3 nitrogen and oxygen atoms in total. The van der Waals surface area contributed by atoms with Crippen LogP contribution in [0.2, 0.25) is 0 Å². The van der Waals surface area contributed by atoms with E-state index in [-0.39, 0.29) is 11.1 Å². The van der Waals surface area contributed by atoms with Gasteiger partial charge in [0.25, 0.3) is 0 Å². The van der Waals surface area contributed by atoms with E-state index in [0.717, 1.165) is 16.3 Å². The fourth-order valence-electron chi connectivity index (χ4n) is 3.55. The van der Waals surface area contributed by atoms with E-state index < -0.39 is 11.8 Å². The van der Waals surface area contributed by atoms with Gasteiger partial charge in [0.15, 0.2) is 0 Å². The van der Waals surface area contributed by atoms with Crippen molar-refractivity contribution in [3.8, 4) is 0 Å². The van der Waals surface area contributed by atoms with Crippen LogP contribution in [0.25, 0.3) is 0 Å². The van der Waals surface area contributed by atoms with E-state index in [1.807, 2.05) is 41.6 Å². The highest BCUT2D eigenvalue weighted by Crippen LogP contribution is 2.46. The zero-order valence-corrected chi connectivity index (χ0v) is 16.4. The molecule has 0 bridgehead atoms. The molecule has 4 rings (SSSR count). The first kappa shape index (κ1) is 19.8. The molecule has 150 valence electrons. The number of hydrogen-bond acceptors (Lipinski definition) is 4. The Labute approximate surface area is 171 Å². The quantitative estimate of drug-likeness (QED) is 0.561. The summed E-state index contributed by atoms with van der Waals surface area (Å²) in [5.41, 5.74) is 2.04. The van der Waals surface area contributed by atoms with Gasteiger partial charge in [0.1, 0.15) is 0 Å². The number of rotatable bonds is 4. The Morgan fingerprint density at radius 3 is 2.21 bits per heavy atom. The highest BCUT2D eigenvalue weighted by Gasteiger charge is 2.56. The number of alkyl halides is 3. The largest absolute Gasteiger partial charge is 0.425 e. The fourth-order valence-corrected chi connectivity index (χ4v) is 3.96. The van der Waals surface area contributed by atoms with Gasteiger partial charge in [0, 0.05) is 11.4 Å². The maximum atomic E-state index is 14.1. The Morgan fingerprint density at radius 1 is 0.931 bits per heavy atom. The van der Waals surface area contributed by atoms with Crippen LogP contribution in [0.15, 0.2) is 77.7 Å². The predicted molar refractivity (Wildman–Crippen MR) is 109 cm³/mol. The number of hydrazine groups is 1. The molecule has 1 unspecified atom stereocenters. The van der Waals surface area contributed by atoms with Crippen LogP contribution in [0.1, 0.15) is 16.7 Å². The summed E-state index contributed by atoms with van der Waals surface area (Å²) in [5.74, 6) is 0. The Hall–Kier alpha value is -2.48. The Kier molecular flexibility index (Phi) is 5.06. The first-order valence-corrected chi connectivity index (χ1v) is 10.2. The summed E-state index contributed by atoms with van der Waals surface area (Å²) in [7, 11) is 0. The van der Waals surface area contributed by atoms with Gasteiger partial charge in [-0.2, -0.15) is 13.2 Å². The monoisotopic (exact) mass is 416 g/mol. The molecule has 1 aliphatic rings. The number of fused-ring (bicyclic) bond motifs is 1. The van der Waals surface area contributed by atoms with Crippen LogP contribution in [0.5, 0.6) is 0 Å². The van der Waals surface area contributed by atoms with Crippen LogP contribution in [-0.4, -0.2) is 17.5 Å². The lowest BCUT2D eigenvalue weighted by Gasteiger charge is -2.32. The smallest absolute Gasteiger partial charge is 0.372 e. The van der Waals surface area contributed by atoms with Gasteiger partial charge in [-0.3, -0.25) is 5.01 Å². The van der Waals surface area contributed by atoms with Crippen LogP contribution in [0.4, 0.5) is 24.5 Å². The van der Waals surface area contributed by atoms with Crippen molar-refractivity contribution >= 4 is 23.1 Å². The average Bonchev–Trinajstić information content (AvgIpc) is 3.16. The SMILES string of the molecule is CSc1ccc(C(O)(c2ccc3c(c2)CNN3c2ccccc2)C(F)(F)F)cc1. The van der Waals surface area contributed by atoms with Crippen molar-refractivity contribution < 1.29 is 18.3 Å². The molecule has 2 N–H and O–H groups in total. The van der Waals surface area contributed by atoms with Crippen molar-refractivity contribution in [2.24, 2.45) is 0 Å². The molecule has 0 fully saturated rings. The van der Waals surface area contributed by atoms with Crippen LogP contribution < -0.4 is 10.4 Å². The van der Waals surface area contributed by atoms with Gasteiger partial charge in [-0.15, -0.1) is 11.8 Å². The number of hydrogen-bond donors (Lipinski definition) is 2. The van der Waals surface area contributed by atoms with Crippen molar-refractivity contribution in [3.05, 3.63) is 89.5 Å². The molecule has 0 aliphatic carbocycles. The third kappa shape index (κ3) is 3.39. The molecule has 1 atom stereocenters. The van der Waals surface area contributed by atoms with Crippen LogP contribution >= 0.6 is 11.8 Å². The third-order valence-corrected chi connectivity index (χ3v) is 5.84. The first-order valence-electron chi connectivity index (χ1n) is 9.00. The second-order valence-electron chi connectivity index (χ2n) is 6.79. The van der Waals surface area contributed by atoms with E-state index in [0.29, 0.717) is 12.1 Å². The highest BCUT2D eigenvalue weighted by molar-refractivity contribution is 7.98. The van der Waals surface area contributed by atoms with E-state index in [1.165, 1.54) is 36.0 Å². The molecule has 7 heteroatoms. The molecule has 0 aromatic heterocycles. The van der Waals surface area contributed by atoms with E-state index in [2.05, 4.69) is 5.43 Å². The van der Waals surface area contributed by atoms with Gasteiger partial charge in [-0.05, 0) is 59.3 Å². The number of thioether (sulfide) groups is 1. The standard InChI is InChI=1S/C22H19F3N2OS/c1-29-19-10-7-16(8-11-19)21(28,22(23,24)25)17-9-12-20-15(13-17)14-26-27(20)18-5-3-2-4-6-18/h2-13,26,28H,14H2,1H3. The van der Waals surface area contributed by atoms with Gasteiger partial charge < -0.3 is 5.11 Å². The summed E-state index contributed by atoms with van der Waals surface area (Å²) < 4.78 is 42.2. The van der Waals surface area contributed by atoms with E-state index in [1.54, 1.807) is 18.2 Å². The second-order valence-corrected chi connectivity index (χ2v) is 7.67. The summed E-state index contributed by atoms with van der Waals surface area (Å²) in [4.78, 5) is 0.829. The molecule has 1 aliphatic heterocycles. The van der Waals surface area contributed by atoms with Gasteiger partial charge in [-0.1, -0.05) is 36.4 Å². The summed E-state index contributed by atoms with van der Waals surface area (Å²) in [6, 6.07) is 19.7. The number of benzene rings is 3. The topological polar surface area (TPSA) is 35.5 Å². The predicted octanol–water partition coefficient (Wildman–Crippen LogP) is 5.36. The molecule has 0 radical (unpaired) electrons. The van der Waals surface area contributed by atoms with Gasteiger partial charge in [-0.25, -0.2) is 5.43 Å². The van der Waals surface area contributed by atoms with E-state index in [4.69, 9.17) is 0 Å². The summed E-state index contributed by atoms with van der Waals surface area (Å²) in [5, 5.41) is 12.7. The van der Waals surface area contributed by atoms with Gasteiger partial charge >= 0.3 is 6.18 Å². The Morgan fingerprint density at radius 2 is 1.59 bits per heavy atom. The van der Waals surface area contributed by atoms with Crippen molar-refractivity contribution in [2.45, 2.75) is 23.2 Å². The lowest BCUT2D eigenvalue weighted by Crippen LogP contribution is -2.43. The second kappa shape index (κ2) is 7.40. The minimum atomic E-state index is -4.87. The van der Waals surface area contributed by atoms with Gasteiger partial charge in [0.05, 0.1) is 11.4 Å². The van der Waals surface area contributed by atoms with Crippen molar-refractivity contribution in [2.75, 3.05) is 11.3 Å². The summed E-state index contributed by atoms with van der Waals surface area (Å²) >= 11 is 1.43. The summed E-state index contributed by atoms with van der Waals surface area (Å²) in [6.45, 7) is 0.372. The number of para-hydroxylation sites is 1. The number of aliphatic hydroxyl groups is 1. The van der Waals surface area contributed by atoms with Crippen molar-refractivity contribution in [1.29, 1.82) is 0 Å². The van der Waals surface area contributed by atoms with E-state index in [9.17, 15) is 18.3 Å². The number of halogens is 3. The maximum Gasteiger partial charge on any atom is 0.425 e. The number of nitrogens with one attached hydrogen (secondary N) is 1. The Bertz CT molecular complexity index is 1010. The molecular weight excluding hydrogens is 397 g/mol. The molecule has 1 heterocycles. The van der Waals surface area contributed by atoms with E-state index >= 15 is 0 Å². The zero-order valence-electron chi connectivity index (χ0n) is 15.6. The number of nitrogens with zero attached hydrogens (tertiary/aromatic N) is 1. The molecule has 0 saturated carbocycles. The fraction of sp³-hybridized carbons (Fsp3) is 0.182. The van der Waals surface area contributed by atoms with Gasteiger partial charge in [0.2, 0.25) is 5.60 Å². The molecule has 0 saturated heterocycles. The molecule has 3 aromatic carbocycles. The lowest BCUT2D eigenvalue weighted by molar-refractivity contribution is -0.248. The molecule has 3 aromatic rings. The third-order valence-electron chi connectivity index (χ3n) is 5.10. The molecule has 0 spiro atoms. The minimum absolute atomic E-state index is 0.197. The maximum absolute atomic E-state index is 14.1. The normalized spacial score (nSPS) is 15.8. The number of anilines is 2. The van der Waals surface area contributed by atoms with Crippen LogP contribution in [0, 0.1) is 0 Å². The summed E-state index contributed by atoms with van der Waals surface area (Å²) in [6.07, 6.45) is -3.02. The van der Waals surface area contributed by atoms with Crippen molar-refractivity contribution in [1.82, 2.24) is 5.43 Å². The molecule has 29 heavy (non-hydrogen) atoms. The van der Waals surface area contributed by atoms with Crippen LogP contribution in [0.3, 0.4) is 0 Å².